The number of hydrogen-bond donors (Lipinski definition) is 1. The average molecular weight is 374 g/mol. The van der Waals surface area contributed by atoms with E-state index in [1.54, 1.807) is 0 Å². The van der Waals surface area contributed by atoms with Gasteiger partial charge in [-0.05, 0) is 23.6 Å². The number of rotatable bonds is 5. The van der Waals surface area contributed by atoms with Gasteiger partial charge in [0.15, 0.2) is 0 Å². The Labute approximate surface area is 149 Å². The van der Waals surface area contributed by atoms with Crippen LogP contribution >= 0.6 is 11.8 Å². The molecule has 1 heterocycles. The molecule has 0 saturated carbocycles. The minimum atomic E-state index is -4.40. The van der Waals surface area contributed by atoms with E-state index in [-0.39, 0.29) is 18.2 Å². The summed E-state index contributed by atoms with van der Waals surface area (Å²) in [5.41, 5.74) is -0.248. The van der Waals surface area contributed by atoms with Gasteiger partial charge in [-0.3, -0.25) is 9.59 Å². The molecule has 2 rings (SSSR count). The van der Waals surface area contributed by atoms with E-state index in [0.29, 0.717) is 29.7 Å². The molecule has 1 N–H and O–H groups in total. The first kappa shape index (κ1) is 19.6. The van der Waals surface area contributed by atoms with E-state index >= 15 is 0 Å². The smallest absolute Gasteiger partial charge is 0.354 e. The maximum atomic E-state index is 12.6. The van der Waals surface area contributed by atoms with Gasteiger partial charge in [0.1, 0.15) is 6.04 Å². The van der Waals surface area contributed by atoms with Crippen molar-refractivity contribution in [2.75, 3.05) is 18.2 Å². The number of alkyl halides is 3. The van der Waals surface area contributed by atoms with Gasteiger partial charge in [0.05, 0.1) is 17.9 Å². The monoisotopic (exact) mass is 374 g/mol. The van der Waals surface area contributed by atoms with Gasteiger partial charge in [0.2, 0.25) is 11.8 Å². The minimum Gasteiger partial charge on any atom is -0.354 e. The molecule has 1 fully saturated rings. The Kier molecular flexibility index (Phi) is 6.37. The summed E-state index contributed by atoms with van der Waals surface area (Å²) in [7, 11) is 0. The topological polar surface area (TPSA) is 49.4 Å². The number of carbonyl (C=O) groups excluding carboxylic acids is 2. The molecule has 1 saturated heterocycles. The van der Waals surface area contributed by atoms with Crippen LogP contribution in [0.25, 0.3) is 0 Å². The average Bonchev–Trinajstić information content (AvgIpc) is 3.02. The van der Waals surface area contributed by atoms with Crippen molar-refractivity contribution in [3.05, 3.63) is 35.4 Å². The number of nitrogens with one attached hydrogen (secondary N) is 1. The molecule has 0 aromatic heterocycles. The van der Waals surface area contributed by atoms with Crippen LogP contribution in [0.5, 0.6) is 0 Å². The quantitative estimate of drug-likeness (QED) is 0.862. The molecule has 138 valence electrons. The summed E-state index contributed by atoms with van der Waals surface area (Å²) < 4.78 is 37.7. The van der Waals surface area contributed by atoms with Crippen molar-refractivity contribution in [2.45, 2.75) is 32.5 Å². The van der Waals surface area contributed by atoms with E-state index in [9.17, 15) is 22.8 Å². The first-order valence-electron chi connectivity index (χ1n) is 7.99. The third-order valence-electron chi connectivity index (χ3n) is 3.83. The highest BCUT2D eigenvalue weighted by molar-refractivity contribution is 7.99. The molecule has 2 amide bonds. The van der Waals surface area contributed by atoms with Crippen LogP contribution in [0.15, 0.2) is 24.3 Å². The van der Waals surface area contributed by atoms with Crippen LogP contribution in [0.3, 0.4) is 0 Å². The molecule has 1 aliphatic heterocycles. The number of halogens is 3. The Bertz CT molecular complexity index is 617. The van der Waals surface area contributed by atoms with Gasteiger partial charge in [-0.25, -0.2) is 0 Å². The zero-order valence-corrected chi connectivity index (χ0v) is 14.9. The molecule has 1 aromatic carbocycles. The fourth-order valence-electron chi connectivity index (χ4n) is 2.42. The van der Waals surface area contributed by atoms with E-state index < -0.39 is 17.8 Å². The fourth-order valence-corrected chi connectivity index (χ4v) is 3.60. The molecule has 8 heteroatoms. The molecule has 0 bridgehead atoms. The summed E-state index contributed by atoms with van der Waals surface area (Å²) >= 11 is 1.49. The number of amides is 2. The van der Waals surface area contributed by atoms with Gasteiger partial charge in [0, 0.05) is 12.3 Å². The summed E-state index contributed by atoms with van der Waals surface area (Å²) in [5.74, 6) is 0.824. The van der Waals surface area contributed by atoms with Crippen molar-refractivity contribution >= 4 is 23.6 Å². The van der Waals surface area contributed by atoms with Gasteiger partial charge in [-0.15, -0.1) is 11.8 Å². The molecule has 4 nitrogen and oxygen atoms in total. The molecule has 1 aromatic rings. The molecular weight excluding hydrogens is 353 g/mol. The van der Waals surface area contributed by atoms with Crippen molar-refractivity contribution in [1.82, 2.24) is 10.2 Å². The van der Waals surface area contributed by atoms with Gasteiger partial charge in [-0.1, -0.05) is 26.0 Å². The predicted molar refractivity (Wildman–Crippen MR) is 91.0 cm³/mol. The molecule has 0 spiro atoms. The summed E-state index contributed by atoms with van der Waals surface area (Å²) in [4.78, 5) is 26.2. The van der Waals surface area contributed by atoms with Crippen molar-refractivity contribution in [1.29, 1.82) is 0 Å². The molecule has 1 aliphatic rings. The normalized spacial score (nSPS) is 17.8. The van der Waals surface area contributed by atoms with E-state index in [0.717, 1.165) is 12.1 Å². The van der Waals surface area contributed by atoms with Crippen LogP contribution in [0.2, 0.25) is 0 Å². The van der Waals surface area contributed by atoms with Gasteiger partial charge < -0.3 is 10.2 Å². The summed E-state index contributed by atoms with van der Waals surface area (Å²) in [6.07, 6.45) is -4.42. The molecule has 0 radical (unpaired) electrons. The second-order valence-corrected chi connectivity index (χ2v) is 7.39. The van der Waals surface area contributed by atoms with Crippen molar-refractivity contribution in [2.24, 2.45) is 5.92 Å². The molecule has 1 unspecified atom stereocenters. The molecule has 1 atom stereocenters. The lowest BCUT2D eigenvalue weighted by Gasteiger charge is -2.23. The van der Waals surface area contributed by atoms with E-state index in [4.69, 9.17) is 0 Å². The third kappa shape index (κ3) is 5.39. The van der Waals surface area contributed by atoms with Crippen LogP contribution in [0.1, 0.15) is 25.0 Å². The lowest BCUT2D eigenvalue weighted by atomic mass is 10.1. The zero-order chi connectivity index (χ0) is 18.6. The van der Waals surface area contributed by atoms with E-state index in [2.05, 4.69) is 5.32 Å². The van der Waals surface area contributed by atoms with E-state index in [1.165, 1.54) is 28.8 Å². The maximum Gasteiger partial charge on any atom is 0.416 e. The van der Waals surface area contributed by atoms with E-state index in [1.807, 2.05) is 13.8 Å². The standard InChI is InChI=1S/C17H21F3N2O2S/c1-11(2)8-21-16(24)14-9-25-10-22(14)15(23)7-12-3-5-13(6-4-12)17(18,19)20/h3-6,11,14H,7-10H2,1-2H3,(H,21,24). The Morgan fingerprint density at radius 1 is 1.28 bits per heavy atom. The highest BCUT2D eigenvalue weighted by Gasteiger charge is 2.34. The van der Waals surface area contributed by atoms with Crippen LogP contribution in [0.4, 0.5) is 13.2 Å². The number of thioether (sulfide) groups is 1. The van der Waals surface area contributed by atoms with Crippen molar-refractivity contribution in [3.63, 3.8) is 0 Å². The summed E-state index contributed by atoms with van der Waals surface area (Å²) in [5, 5.41) is 2.83. The zero-order valence-electron chi connectivity index (χ0n) is 14.1. The van der Waals surface area contributed by atoms with Crippen LogP contribution in [-0.2, 0) is 22.2 Å². The number of benzene rings is 1. The summed E-state index contributed by atoms with van der Waals surface area (Å²) in [6.45, 7) is 4.51. The van der Waals surface area contributed by atoms with Crippen LogP contribution in [0, 0.1) is 5.92 Å². The Morgan fingerprint density at radius 3 is 2.48 bits per heavy atom. The Hall–Kier alpha value is -1.70. The van der Waals surface area contributed by atoms with Crippen molar-refractivity contribution < 1.29 is 22.8 Å². The number of hydrogen-bond acceptors (Lipinski definition) is 3. The van der Waals surface area contributed by atoms with Crippen molar-refractivity contribution in [3.8, 4) is 0 Å². The number of carbonyl (C=O) groups is 2. The van der Waals surface area contributed by atoms with Gasteiger partial charge >= 0.3 is 6.18 Å². The largest absolute Gasteiger partial charge is 0.416 e. The Balaban J connectivity index is 1.98. The third-order valence-corrected chi connectivity index (χ3v) is 4.84. The first-order valence-corrected chi connectivity index (χ1v) is 9.15. The Morgan fingerprint density at radius 2 is 1.92 bits per heavy atom. The molecule has 0 aliphatic carbocycles. The second-order valence-electron chi connectivity index (χ2n) is 6.39. The van der Waals surface area contributed by atoms with Gasteiger partial charge in [0.25, 0.3) is 0 Å². The van der Waals surface area contributed by atoms with Crippen LogP contribution in [-0.4, -0.2) is 40.9 Å². The fraction of sp³-hybridized carbons (Fsp3) is 0.529. The maximum absolute atomic E-state index is 12.6. The highest BCUT2D eigenvalue weighted by Crippen LogP contribution is 2.29. The number of nitrogens with zero attached hydrogens (tertiary/aromatic N) is 1. The highest BCUT2D eigenvalue weighted by atomic mass is 32.2. The first-order chi connectivity index (χ1) is 11.7. The molecular formula is C17H21F3N2O2S. The molecule has 25 heavy (non-hydrogen) atoms. The van der Waals surface area contributed by atoms with Crippen LogP contribution < -0.4 is 5.32 Å². The van der Waals surface area contributed by atoms with Gasteiger partial charge in [-0.2, -0.15) is 13.2 Å². The minimum absolute atomic E-state index is 0.0212. The summed E-state index contributed by atoms with van der Waals surface area (Å²) in [6, 6.07) is 4.02. The SMILES string of the molecule is CC(C)CNC(=O)C1CSCN1C(=O)Cc1ccc(C(F)(F)F)cc1. The lowest BCUT2D eigenvalue weighted by Crippen LogP contribution is -2.48. The predicted octanol–water partition coefficient (Wildman–Crippen LogP) is 2.92. The second kappa shape index (κ2) is 8.12. The lowest BCUT2D eigenvalue weighted by molar-refractivity contribution is -0.137.